The molecule has 1 unspecified atom stereocenters. The van der Waals surface area contributed by atoms with Crippen molar-refractivity contribution in [2.24, 2.45) is 0 Å². The molecule has 0 heterocycles. The summed E-state index contributed by atoms with van der Waals surface area (Å²) in [5.41, 5.74) is 2.07. The number of carbonyl (C=O) groups excluding carboxylic acids is 1. The zero-order valence-corrected chi connectivity index (χ0v) is 13.6. The Labute approximate surface area is 145 Å². The van der Waals surface area contributed by atoms with Gasteiger partial charge in [-0.25, -0.2) is 0 Å². The van der Waals surface area contributed by atoms with Crippen molar-refractivity contribution in [3.05, 3.63) is 58.6 Å². The van der Waals surface area contributed by atoms with Crippen molar-refractivity contribution in [3.8, 4) is 0 Å². The summed E-state index contributed by atoms with van der Waals surface area (Å²) in [4.78, 5) is 11.1. The Morgan fingerprint density at radius 2 is 1.71 bits per heavy atom. The molecule has 0 aromatic heterocycles. The summed E-state index contributed by atoms with van der Waals surface area (Å²) in [6.45, 7) is 6.41. The van der Waals surface area contributed by atoms with Crippen molar-refractivity contribution in [2.75, 3.05) is 0 Å². The van der Waals surface area contributed by atoms with E-state index in [1.165, 1.54) is 10.6 Å². The minimum atomic E-state index is -0.460. The van der Waals surface area contributed by atoms with Crippen LogP contribution >= 0.6 is 19.5 Å². The van der Waals surface area contributed by atoms with Crippen LogP contribution in [0.25, 0.3) is 0 Å². The fraction of sp³-hybridized carbons (Fsp3) is 0.235. The first kappa shape index (κ1) is 18.5. The third kappa shape index (κ3) is 4.21. The molecule has 0 radical (unpaired) electrons. The molecule has 1 atom stereocenters. The summed E-state index contributed by atoms with van der Waals surface area (Å²) in [6, 6.07) is 14.6. The fourth-order valence-corrected chi connectivity index (χ4v) is 5.33. The summed E-state index contributed by atoms with van der Waals surface area (Å²) < 4.78 is 0. The van der Waals surface area contributed by atoms with E-state index < -0.39 is 7.92 Å². The van der Waals surface area contributed by atoms with Crippen LogP contribution in [0.4, 0.5) is 0 Å². The topological polar surface area (TPSA) is 17.1 Å². The summed E-state index contributed by atoms with van der Waals surface area (Å²) in [5.74, 6) is 0. The van der Waals surface area contributed by atoms with E-state index in [4.69, 9.17) is 11.6 Å². The van der Waals surface area contributed by atoms with Crippen LogP contribution in [0.2, 0.25) is 5.02 Å². The van der Waals surface area contributed by atoms with E-state index in [-0.39, 0.29) is 18.9 Å². The van der Waals surface area contributed by atoms with Crippen molar-refractivity contribution in [1.82, 2.24) is 0 Å². The van der Waals surface area contributed by atoms with E-state index in [0.29, 0.717) is 16.2 Å². The van der Waals surface area contributed by atoms with Gasteiger partial charge >= 0.3 is 18.9 Å². The molecule has 0 aliphatic rings. The molecule has 2 aromatic carbocycles. The molecule has 2 aromatic rings. The molecule has 0 saturated carbocycles. The summed E-state index contributed by atoms with van der Waals surface area (Å²) in [5, 5.41) is 3.13. The predicted molar refractivity (Wildman–Crippen MR) is 96.5 cm³/mol. The van der Waals surface area contributed by atoms with Crippen molar-refractivity contribution in [1.29, 1.82) is 0 Å². The van der Waals surface area contributed by atoms with Gasteiger partial charge in [-0.2, -0.15) is 0 Å². The van der Waals surface area contributed by atoms with E-state index in [1.807, 2.05) is 19.1 Å². The van der Waals surface area contributed by atoms with Gasteiger partial charge in [0.15, 0.2) is 6.29 Å². The third-order valence-electron chi connectivity index (χ3n) is 3.27. The minimum absolute atomic E-state index is 0. The number of carbonyl (C=O) groups is 1. The Morgan fingerprint density at radius 1 is 1.10 bits per heavy atom. The van der Waals surface area contributed by atoms with E-state index in [9.17, 15) is 4.79 Å². The SMILES string of the molecule is Cc1cc(P(c2ccccc2)C(C)C)cc(Cl)c1C=O.[LiH]. The van der Waals surface area contributed by atoms with E-state index in [0.717, 1.165) is 11.8 Å². The van der Waals surface area contributed by atoms with Gasteiger partial charge in [-0.05, 0) is 42.7 Å². The molecule has 0 aliphatic carbocycles. The van der Waals surface area contributed by atoms with Crippen molar-refractivity contribution < 1.29 is 4.79 Å². The molecule has 0 saturated heterocycles. The number of benzene rings is 2. The first-order valence-corrected chi connectivity index (χ1v) is 8.43. The van der Waals surface area contributed by atoms with Crippen LogP contribution in [0.15, 0.2) is 42.5 Å². The quantitative estimate of drug-likeness (QED) is 0.478. The van der Waals surface area contributed by atoms with Gasteiger partial charge in [0, 0.05) is 5.56 Å². The third-order valence-corrected chi connectivity index (χ3v) is 6.28. The molecule has 0 spiro atoms. The van der Waals surface area contributed by atoms with Gasteiger partial charge in [0.2, 0.25) is 0 Å². The Morgan fingerprint density at radius 3 is 2.19 bits per heavy atom. The Bertz CT molecular complexity index is 590. The molecule has 2 rings (SSSR count). The van der Waals surface area contributed by atoms with Gasteiger partial charge in [-0.15, -0.1) is 0 Å². The maximum absolute atomic E-state index is 11.1. The molecule has 4 heteroatoms. The summed E-state index contributed by atoms with van der Waals surface area (Å²) >= 11 is 6.25. The number of halogens is 1. The van der Waals surface area contributed by atoms with Gasteiger partial charge in [0.1, 0.15) is 0 Å². The molecule has 0 fully saturated rings. The molecular formula is C17H19ClLiOP. The first-order chi connectivity index (χ1) is 9.54. The normalized spacial score (nSPS) is 11.9. The van der Waals surface area contributed by atoms with Crippen molar-refractivity contribution in [2.45, 2.75) is 26.4 Å². The second-order valence-electron chi connectivity index (χ2n) is 5.08. The van der Waals surface area contributed by atoms with Crippen molar-refractivity contribution >= 4 is 55.3 Å². The average Bonchev–Trinajstić information content (AvgIpc) is 2.39. The first-order valence-electron chi connectivity index (χ1n) is 6.64. The van der Waals surface area contributed by atoms with Gasteiger partial charge in [0.25, 0.3) is 0 Å². The molecule has 0 N–H and O–H groups in total. The standard InChI is InChI=1S/C17H18ClOP.Li.H/c1-12(2)20(14-7-5-4-6-8-14)15-9-13(3)16(11-19)17(18)10-15;;/h4-12H,1-3H3;;. The average molecular weight is 313 g/mol. The second-order valence-corrected chi connectivity index (χ2v) is 8.29. The van der Waals surface area contributed by atoms with Crippen LogP contribution in [0.3, 0.4) is 0 Å². The van der Waals surface area contributed by atoms with Crippen LogP contribution in [-0.4, -0.2) is 30.8 Å². The Balaban J connectivity index is 0.00000220. The van der Waals surface area contributed by atoms with Gasteiger partial charge in [-0.1, -0.05) is 61.8 Å². The van der Waals surface area contributed by atoms with Crippen LogP contribution < -0.4 is 10.6 Å². The fourth-order valence-electron chi connectivity index (χ4n) is 2.36. The van der Waals surface area contributed by atoms with Crippen LogP contribution in [-0.2, 0) is 0 Å². The van der Waals surface area contributed by atoms with Gasteiger partial charge < -0.3 is 0 Å². The molecule has 0 aliphatic heterocycles. The number of aryl methyl sites for hydroxylation is 1. The molecule has 0 amide bonds. The summed E-state index contributed by atoms with van der Waals surface area (Å²) in [7, 11) is -0.460. The van der Waals surface area contributed by atoms with Gasteiger partial charge in [-0.3, -0.25) is 4.79 Å². The van der Waals surface area contributed by atoms with E-state index in [1.54, 1.807) is 0 Å². The van der Waals surface area contributed by atoms with Crippen LogP contribution in [0.5, 0.6) is 0 Å². The molecular weight excluding hydrogens is 294 g/mol. The Kier molecular flexibility index (Phi) is 7.18. The zero-order chi connectivity index (χ0) is 14.7. The number of hydrogen-bond donors (Lipinski definition) is 0. The second kappa shape index (κ2) is 8.16. The molecule has 106 valence electrons. The van der Waals surface area contributed by atoms with Gasteiger partial charge in [0.05, 0.1) is 5.02 Å². The van der Waals surface area contributed by atoms with E-state index >= 15 is 0 Å². The predicted octanol–water partition coefficient (Wildman–Crippen LogP) is 3.65. The molecule has 21 heavy (non-hydrogen) atoms. The molecule has 0 bridgehead atoms. The van der Waals surface area contributed by atoms with E-state index in [2.05, 4.69) is 44.2 Å². The Hall–Kier alpha value is -0.573. The monoisotopic (exact) mass is 312 g/mol. The number of rotatable bonds is 4. The maximum atomic E-state index is 11.1. The van der Waals surface area contributed by atoms with Crippen LogP contribution in [0.1, 0.15) is 29.8 Å². The summed E-state index contributed by atoms with van der Waals surface area (Å²) in [6.07, 6.45) is 0.835. The number of hydrogen-bond acceptors (Lipinski definition) is 1. The number of aldehydes is 1. The molecule has 1 nitrogen and oxygen atoms in total. The van der Waals surface area contributed by atoms with Crippen LogP contribution in [0, 0.1) is 6.92 Å². The van der Waals surface area contributed by atoms with Crippen molar-refractivity contribution in [3.63, 3.8) is 0 Å². The zero-order valence-electron chi connectivity index (χ0n) is 11.9.